The molecule has 2 fully saturated rings. The van der Waals surface area contributed by atoms with Crippen LogP contribution in [0.25, 0.3) is 0 Å². The molecule has 1 aromatic heterocycles. The number of furan rings is 1. The Bertz CT molecular complexity index is 901. The molecule has 2 aliphatic heterocycles. The zero-order valence-corrected chi connectivity index (χ0v) is 17.0. The van der Waals surface area contributed by atoms with Crippen LogP contribution < -0.4 is 9.64 Å². The number of piperazine rings is 1. The topological polar surface area (TPSA) is 83.3 Å². The summed E-state index contributed by atoms with van der Waals surface area (Å²) in [7, 11) is 0. The van der Waals surface area contributed by atoms with Crippen molar-refractivity contribution in [1.29, 1.82) is 0 Å². The lowest BCUT2D eigenvalue weighted by Crippen LogP contribution is -2.53. The third-order valence-electron chi connectivity index (χ3n) is 5.46. The predicted octanol–water partition coefficient (Wildman–Crippen LogP) is 2.16. The van der Waals surface area contributed by atoms with E-state index in [-0.39, 0.29) is 24.1 Å². The highest BCUT2D eigenvalue weighted by Crippen LogP contribution is 2.28. The first-order chi connectivity index (χ1) is 14.6. The van der Waals surface area contributed by atoms with E-state index in [4.69, 9.17) is 9.15 Å². The van der Waals surface area contributed by atoms with Crippen molar-refractivity contribution in [3.63, 3.8) is 0 Å². The van der Waals surface area contributed by atoms with Gasteiger partial charge in [-0.15, -0.1) is 0 Å². The Labute approximate surface area is 175 Å². The van der Waals surface area contributed by atoms with Gasteiger partial charge < -0.3 is 14.1 Å². The molecule has 2 aliphatic rings. The number of anilines is 1. The number of ether oxygens (including phenoxy) is 1. The lowest BCUT2D eigenvalue weighted by Gasteiger charge is -2.36. The van der Waals surface area contributed by atoms with E-state index in [0.29, 0.717) is 50.0 Å². The van der Waals surface area contributed by atoms with Crippen molar-refractivity contribution in [3.8, 4) is 5.75 Å². The summed E-state index contributed by atoms with van der Waals surface area (Å²) in [6, 6.07) is 9.87. The number of imide groups is 1. The number of rotatable bonds is 6. The van der Waals surface area contributed by atoms with Crippen LogP contribution in [0.15, 0.2) is 47.1 Å². The lowest BCUT2D eigenvalue weighted by atomic mass is 10.1. The van der Waals surface area contributed by atoms with Crippen molar-refractivity contribution in [2.45, 2.75) is 25.8 Å². The van der Waals surface area contributed by atoms with Gasteiger partial charge in [0.1, 0.15) is 5.75 Å². The molecule has 0 radical (unpaired) electrons. The summed E-state index contributed by atoms with van der Waals surface area (Å²) < 4.78 is 10.7. The number of amides is 3. The molecule has 8 nitrogen and oxygen atoms in total. The number of carbonyl (C=O) groups excluding carboxylic acids is 3. The van der Waals surface area contributed by atoms with Crippen LogP contribution in [0.2, 0.25) is 0 Å². The summed E-state index contributed by atoms with van der Waals surface area (Å²) in [6.07, 6.45) is 2.54. The van der Waals surface area contributed by atoms with Crippen LogP contribution in [0, 0.1) is 0 Å². The molecule has 2 saturated heterocycles. The molecule has 158 valence electrons. The molecule has 4 rings (SSSR count). The average Bonchev–Trinajstić information content (AvgIpc) is 3.41. The van der Waals surface area contributed by atoms with Crippen molar-refractivity contribution in [2.75, 3.05) is 37.7 Å². The highest BCUT2D eigenvalue weighted by molar-refractivity contribution is 6.22. The Hall–Kier alpha value is -3.13. The molecular formula is C22H25N3O5. The summed E-state index contributed by atoms with van der Waals surface area (Å²) in [4.78, 5) is 43.0. The SMILES string of the molecule is CCCOc1ccc(N2C(=O)C[C@H](N3CCN(C(=O)c4ccco4)CC3)C2=O)cc1. The van der Waals surface area contributed by atoms with Crippen molar-refractivity contribution in [3.05, 3.63) is 48.4 Å². The molecule has 0 saturated carbocycles. The lowest BCUT2D eigenvalue weighted by molar-refractivity contribution is -0.123. The Morgan fingerprint density at radius 3 is 2.47 bits per heavy atom. The van der Waals surface area contributed by atoms with E-state index in [0.717, 1.165) is 6.42 Å². The van der Waals surface area contributed by atoms with Gasteiger partial charge >= 0.3 is 0 Å². The van der Waals surface area contributed by atoms with Gasteiger partial charge in [0.2, 0.25) is 5.91 Å². The highest BCUT2D eigenvalue weighted by atomic mass is 16.5. The van der Waals surface area contributed by atoms with Gasteiger partial charge in [-0.3, -0.25) is 19.3 Å². The maximum Gasteiger partial charge on any atom is 0.289 e. The zero-order chi connectivity index (χ0) is 21.1. The molecule has 1 aromatic carbocycles. The van der Waals surface area contributed by atoms with Crippen LogP contribution in [-0.4, -0.2) is 66.3 Å². The zero-order valence-electron chi connectivity index (χ0n) is 17.0. The second kappa shape index (κ2) is 8.71. The summed E-state index contributed by atoms with van der Waals surface area (Å²) >= 11 is 0. The van der Waals surface area contributed by atoms with Crippen molar-refractivity contribution >= 4 is 23.4 Å². The fourth-order valence-electron chi connectivity index (χ4n) is 3.88. The Balaban J connectivity index is 1.38. The number of hydrogen-bond donors (Lipinski definition) is 0. The smallest absolute Gasteiger partial charge is 0.289 e. The van der Waals surface area contributed by atoms with E-state index >= 15 is 0 Å². The molecule has 2 aromatic rings. The maximum atomic E-state index is 13.0. The van der Waals surface area contributed by atoms with E-state index in [1.807, 2.05) is 11.8 Å². The van der Waals surface area contributed by atoms with E-state index in [1.54, 1.807) is 41.3 Å². The van der Waals surface area contributed by atoms with Gasteiger partial charge in [-0.25, -0.2) is 4.90 Å². The van der Waals surface area contributed by atoms with E-state index in [9.17, 15) is 14.4 Å². The number of benzene rings is 1. The number of nitrogens with zero attached hydrogens (tertiary/aromatic N) is 3. The van der Waals surface area contributed by atoms with Crippen LogP contribution in [0.3, 0.4) is 0 Å². The summed E-state index contributed by atoms with van der Waals surface area (Å²) in [5.41, 5.74) is 0.558. The van der Waals surface area contributed by atoms with Gasteiger partial charge in [-0.05, 0) is 42.8 Å². The molecule has 30 heavy (non-hydrogen) atoms. The van der Waals surface area contributed by atoms with Crippen molar-refractivity contribution in [1.82, 2.24) is 9.80 Å². The molecule has 1 atom stereocenters. The van der Waals surface area contributed by atoms with Crippen molar-refractivity contribution in [2.24, 2.45) is 0 Å². The van der Waals surface area contributed by atoms with E-state index in [1.165, 1.54) is 11.2 Å². The fraction of sp³-hybridized carbons (Fsp3) is 0.409. The van der Waals surface area contributed by atoms with Crippen LogP contribution in [0.4, 0.5) is 5.69 Å². The predicted molar refractivity (Wildman–Crippen MR) is 109 cm³/mol. The number of hydrogen-bond acceptors (Lipinski definition) is 6. The van der Waals surface area contributed by atoms with Gasteiger partial charge in [0.25, 0.3) is 11.8 Å². The number of carbonyl (C=O) groups is 3. The fourth-order valence-corrected chi connectivity index (χ4v) is 3.88. The van der Waals surface area contributed by atoms with Gasteiger partial charge in [-0.1, -0.05) is 6.92 Å². The van der Waals surface area contributed by atoms with Crippen LogP contribution in [0.5, 0.6) is 5.75 Å². The standard InChI is InChI=1S/C22H25N3O5/c1-2-13-29-17-7-5-16(6-8-17)25-20(26)15-18(21(25)27)23-9-11-24(12-10-23)22(28)19-4-3-14-30-19/h3-8,14,18H,2,9-13,15H2,1H3/t18-/m0/s1. The van der Waals surface area contributed by atoms with Gasteiger partial charge in [0.15, 0.2) is 5.76 Å². The third-order valence-corrected chi connectivity index (χ3v) is 5.46. The summed E-state index contributed by atoms with van der Waals surface area (Å²) in [5, 5.41) is 0. The molecular weight excluding hydrogens is 386 g/mol. The molecule has 3 amide bonds. The Morgan fingerprint density at radius 2 is 1.83 bits per heavy atom. The minimum atomic E-state index is -0.491. The second-order valence-corrected chi connectivity index (χ2v) is 7.44. The second-order valence-electron chi connectivity index (χ2n) is 7.44. The van der Waals surface area contributed by atoms with Gasteiger partial charge in [0.05, 0.1) is 31.0 Å². The van der Waals surface area contributed by atoms with Crippen LogP contribution in [-0.2, 0) is 9.59 Å². The maximum absolute atomic E-state index is 13.0. The first-order valence-electron chi connectivity index (χ1n) is 10.2. The molecule has 0 unspecified atom stereocenters. The molecule has 8 heteroatoms. The van der Waals surface area contributed by atoms with E-state index in [2.05, 4.69) is 0 Å². The Morgan fingerprint density at radius 1 is 1.10 bits per heavy atom. The van der Waals surface area contributed by atoms with Gasteiger partial charge in [-0.2, -0.15) is 0 Å². The third kappa shape index (κ3) is 3.95. The first kappa shape index (κ1) is 20.2. The quantitative estimate of drug-likeness (QED) is 0.678. The van der Waals surface area contributed by atoms with Gasteiger partial charge in [0, 0.05) is 26.2 Å². The monoisotopic (exact) mass is 411 g/mol. The summed E-state index contributed by atoms with van der Waals surface area (Å²) in [6.45, 7) is 4.70. The summed E-state index contributed by atoms with van der Waals surface area (Å²) in [5.74, 6) is 0.455. The van der Waals surface area contributed by atoms with Crippen LogP contribution >= 0.6 is 0 Å². The average molecular weight is 411 g/mol. The molecule has 0 aliphatic carbocycles. The van der Waals surface area contributed by atoms with Crippen molar-refractivity contribution < 1.29 is 23.5 Å². The first-order valence-corrected chi connectivity index (χ1v) is 10.2. The molecule has 0 N–H and O–H groups in total. The minimum Gasteiger partial charge on any atom is -0.494 e. The highest BCUT2D eigenvalue weighted by Gasteiger charge is 2.43. The molecule has 3 heterocycles. The Kier molecular flexibility index (Phi) is 5.85. The van der Waals surface area contributed by atoms with Crippen LogP contribution in [0.1, 0.15) is 30.3 Å². The van der Waals surface area contributed by atoms with E-state index < -0.39 is 6.04 Å². The normalized spacial score (nSPS) is 20.1. The largest absolute Gasteiger partial charge is 0.494 e. The minimum absolute atomic E-state index is 0.152. The molecule has 0 spiro atoms. The molecule has 0 bridgehead atoms.